The van der Waals surface area contributed by atoms with Gasteiger partial charge < -0.3 is 10.1 Å². The van der Waals surface area contributed by atoms with E-state index in [9.17, 15) is 18.5 Å². The van der Waals surface area contributed by atoms with Crippen LogP contribution in [0.15, 0.2) is 23.1 Å². The van der Waals surface area contributed by atoms with E-state index >= 15 is 0 Å². The van der Waals surface area contributed by atoms with Gasteiger partial charge in [-0.3, -0.25) is 10.1 Å². The summed E-state index contributed by atoms with van der Waals surface area (Å²) in [6.45, 7) is 3.54. The number of piperidine rings is 1. The molecule has 0 radical (unpaired) electrons. The van der Waals surface area contributed by atoms with Gasteiger partial charge in [-0.2, -0.15) is 0 Å². The molecule has 1 aromatic rings. The fourth-order valence-corrected chi connectivity index (χ4v) is 4.17. The van der Waals surface area contributed by atoms with Crippen LogP contribution in [0, 0.1) is 16.0 Å². The number of nitro benzene ring substituents is 1. The third-order valence-electron chi connectivity index (χ3n) is 4.03. The number of nitro groups is 1. The molecule has 136 valence electrons. The molecular weight excluding hydrogens is 358 g/mol. The second-order valence-electron chi connectivity index (χ2n) is 5.61. The molecule has 0 aromatic heterocycles. The zero-order valence-corrected chi connectivity index (χ0v) is 15.2. The van der Waals surface area contributed by atoms with Crippen molar-refractivity contribution in [2.75, 3.05) is 20.2 Å². The molecule has 24 heavy (non-hydrogen) atoms. The minimum Gasteiger partial charge on any atom is -0.495 e. The van der Waals surface area contributed by atoms with Crippen LogP contribution in [-0.4, -0.2) is 39.6 Å². The average molecular weight is 380 g/mol. The Kier molecular flexibility index (Phi) is 7.40. The summed E-state index contributed by atoms with van der Waals surface area (Å²) in [6, 6.07) is 3.23. The minimum absolute atomic E-state index is 0. The highest BCUT2D eigenvalue weighted by Gasteiger charge is 2.28. The maximum atomic E-state index is 12.6. The van der Waals surface area contributed by atoms with Crippen LogP contribution in [-0.2, 0) is 10.0 Å². The Bertz CT molecular complexity index is 677. The van der Waals surface area contributed by atoms with Gasteiger partial charge in [-0.25, -0.2) is 13.1 Å². The second kappa shape index (κ2) is 8.61. The molecule has 0 amide bonds. The van der Waals surface area contributed by atoms with Crippen molar-refractivity contribution in [1.82, 2.24) is 10.0 Å². The highest BCUT2D eigenvalue weighted by atomic mass is 35.5. The summed E-state index contributed by atoms with van der Waals surface area (Å²) >= 11 is 0. The number of methoxy groups -OCH3 is 1. The van der Waals surface area contributed by atoms with E-state index in [-0.39, 0.29) is 40.7 Å². The van der Waals surface area contributed by atoms with Gasteiger partial charge in [0.15, 0.2) is 0 Å². The Morgan fingerprint density at radius 3 is 2.71 bits per heavy atom. The lowest BCUT2D eigenvalue weighted by Crippen LogP contribution is -2.44. The molecule has 8 nitrogen and oxygen atoms in total. The van der Waals surface area contributed by atoms with Crippen molar-refractivity contribution >= 4 is 28.1 Å². The molecule has 0 spiro atoms. The van der Waals surface area contributed by atoms with Crippen LogP contribution >= 0.6 is 12.4 Å². The van der Waals surface area contributed by atoms with Gasteiger partial charge in [-0.05, 0) is 44.8 Å². The predicted octanol–water partition coefficient (Wildman–Crippen LogP) is 1.69. The van der Waals surface area contributed by atoms with Crippen molar-refractivity contribution in [2.24, 2.45) is 5.92 Å². The predicted molar refractivity (Wildman–Crippen MR) is 92.3 cm³/mol. The minimum atomic E-state index is -3.82. The number of halogens is 1. The largest absolute Gasteiger partial charge is 0.495 e. The Balaban J connectivity index is 0.00000288. The number of nitrogens with one attached hydrogen (secondary N) is 2. The molecule has 10 heteroatoms. The third kappa shape index (κ3) is 4.79. The highest BCUT2D eigenvalue weighted by Crippen LogP contribution is 2.29. The van der Waals surface area contributed by atoms with Gasteiger partial charge in [0, 0.05) is 12.1 Å². The number of hydrogen-bond donors (Lipinski definition) is 2. The summed E-state index contributed by atoms with van der Waals surface area (Å²) in [5.74, 6) is 0.170. The fraction of sp³-hybridized carbons (Fsp3) is 0.571. The molecule has 2 atom stereocenters. The molecule has 2 rings (SSSR count). The molecule has 0 bridgehead atoms. The first kappa shape index (κ1) is 20.6. The Morgan fingerprint density at radius 2 is 2.17 bits per heavy atom. The second-order valence-corrected chi connectivity index (χ2v) is 7.29. The van der Waals surface area contributed by atoms with Crippen molar-refractivity contribution in [3.8, 4) is 5.75 Å². The third-order valence-corrected chi connectivity index (χ3v) is 5.63. The van der Waals surface area contributed by atoms with E-state index in [4.69, 9.17) is 4.74 Å². The first-order valence-corrected chi connectivity index (χ1v) is 8.89. The Morgan fingerprint density at radius 1 is 1.46 bits per heavy atom. The van der Waals surface area contributed by atoms with Crippen LogP contribution in [0.2, 0.25) is 0 Å². The number of ether oxygens (including phenoxy) is 1. The lowest BCUT2D eigenvalue weighted by molar-refractivity contribution is -0.385. The quantitative estimate of drug-likeness (QED) is 0.574. The smallest absolute Gasteiger partial charge is 0.273 e. The molecule has 1 fully saturated rings. The standard InChI is InChI=1S/C14H21N3O5S.ClH/c1-10(11-4-3-7-15-9-11)16-23(20,21)14-6-5-12(17(18)19)8-13(14)22-2;/h5-6,8,10-11,15-16H,3-4,7,9H2,1-2H3;1H. The van der Waals surface area contributed by atoms with Gasteiger partial charge in [0.05, 0.1) is 18.1 Å². The molecule has 1 aliphatic heterocycles. The number of rotatable bonds is 6. The van der Waals surface area contributed by atoms with E-state index in [0.717, 1.165) is 38.1 Å². The molecule has 1 heterocycles. The van der Waals surface area contributed by atoms with Gasteiger partial charge in [0.25, 0.3) is 5.69 Å². The van der Waals surface area contributed by atoms with Crippen molar-refractivity contribution < 1.29 is 18.1 Å². The lowest BCUT2D eigenvalue weighted by Gasteiger charge is -2.28. The SMILES string of the molecule is COc1cc([N+](=O)[O-])ccc1S(=O)(=O)NC(C)C1CCCNC1.Cl. The molecule has 0 aliphatic carbocycles. The van der Waals surface area contributed by atoms with E-state index in [2.05, 4.69) is 10.0 Å². The summed E-state index contributed by atoms with van der Waals surface area (Å²) in [5, 5.41) is 14.0. The van der Waals surface area contributed by atoms with E-state index in [0.29, 0.717) is 0 Å². The number of non-ortho nitro benzene ring substituents is 1. The molecule has 0 saturated carbocycles. The number of benzene rings is 1. The van der Waals surface area contributed by atoms with Crippen LogP contribution in [0.25, 0.3) is 0 Å². The lowest BCUT2D eigenvalue weighted by atomic mass is 9.94. The van der Waals surface area contributed by atoms with Gasteiger partial charge in [0.1, 0.15) is 10.6 Å². The summed E-state index contributed by atoms with van der Waals surface area (Å²) in [4.78, 5) is 10.1. The average Bonchev–Trinajstić information content (AvgIpc) is 2.54. The molecular formula is C14H22ClN3O5S. The van der Waals surface area contributed by atoms with Gasteiger partial charge in [-0.1, -0.05) is 0 Å². The van der Waals surface area contributed by atoms with Crippen molar-refractivity contribution in [2.45, 2.75) is 30.7 Å². The van der Waals surface area contributed by atoms with E-state index in [1.807, 2.05) is 6.92 Å². The number of sulfonamides is 1. The van der Waals surface area contributed by atoms with E-state index < -0.39 is 14.9 Å². The molecule has 2 unspecified atom stereocenters. The van der Waals surface area contributed by atoms with Crippen LogP contribution in [0.3, 0.4) is 0 Å². The first-order chi connectivity index (χ1) is 10.8. The summed E-state index contributed by atoms with van der Waals surface area (Å²) in [5.41, 5.74) is -0.217. The molecule has 2 N–H and O–H groups in total. The van der Waals surface area contributed by atoms with Crippen LogP contribution in [0.1, 0.15) is 19.8 Å². The highest BCUT2D eigenvalue weighted by molar-refractivity contribution is 7.89. The first-order valence-electron chi connectivity index (χ1n) is 7.40. The van der Waals surface area contributed by atoms with E-state index in [1.54, 1.807) is 0 Å². The van der Waals surface area contributed by atoms with Crippen LogP contribution in [0.5, 0.6) is 5.75 Å². The number of hydrogen-bond acceptors (Lipinski definition) is 6. The zero-order chi connectivity index (χ0) is 17.0. The Labute approximate surface area is 147 Å². The van der Waals surface area contributed by atoms with Gasteiger partial charge in [0.2, 0.25) is 10.0 Å². The topological polar surface area (TPSA) is 111 Å². The van der Waals surface area contributed by atoms with Crippen molar-refractivity contribution in [3.05, 3.63) is 28.3 Å². The molecule has 1 aromatic carbocycles. The van der Waals surface area contributed by atoms with Crippen LogP contribution < -0.4 is 14.8 Å². The maximum absolute atomic E-state index is 12.6. The fourth-order valence-electron chi connectivity index (χ4n) is 2.70. The summed E-state index contributed by atoms with van der Waals surface area (Å²) < 4.78 is 32.8. The normalized spacial score (nSPS) is 19.2. The van der Waals surface area contributed by atoms with Crippen molar-refractivity contribution in [3.63, 3.8) is 0 Å². The van der Waals surface area contributed by atoms with Gasteiger partial charge >= 0.3 is 0 Å². The van der Waals surface area contributed by atoms with Crippen molar-refractivity contribution in [1.29, 1.82) is 0 Å². The maximum Gasteiger partial charge on any atom is 0.273 e. The zero-order valence-electron chi connectivity index (χ0n) is 13.5. The monoisotopic (exact) mass is 379 g/mol. The van der Waals surface area contributed by atoms with Gasteiger partial charge in [-0.15, -0.1) is 12.4 Å². The summed E-state index contributed by atoms with van der Waals surface area (Å²) in [7, 11) is -2.54. The van der Waals surface area contributed by atoms with E-state index in [1.165, 1.54) is 13.2 Å². The number of nitrogens with zero attached hydrogens (tertiary/aromatic N) is 1. The Hall–Kier alpha value is -1.42. The molecule has 1 aliphatic rings. The van der Waals surface area contributed by atoms with Crippen LogP contribution in [0.4, 0.5) is 5.69 Å². The molecule has 1 saturated heterocycles. The summed E-state index contributed by atoms with van der Waals surface area (Å²) in [6.07, 6.45) is 1.96.